The lowest BCUT2D eigenvalue weighted by atomic mass is 9.93. The van der Waals surface area contributed by atoms with Crippen LogP contribution >= 0.6 is 0 Å². The highest BCUT2D eigenvalue weighted by Crippen LogP contribution is 2.27. The molecule has 0 saturated carbocycles. The molecule has 1 atom stereocenters. The maximum absolute atomic E-state index is 12.8. The van der Waals surface area contributed by atoms with Crippen molar-refractivity contribution >= 4 is 5.91 Å². The van der Waals surface area contributed by atoms with Crippen molar-refractivity contribution in [3.63, 3.8) is 0 Å². The van der Waals surface area contributed by atoms with Gasteiger partial charge >= 0.3 is 0 Å². The van der Waals surface area contributed by atoms with Crippen LogP contribution in [0.1, 0.15) is 41.3 Å². The molecule has 0 N–H and O–H groups in total. The minimum Gasteiger partial charge on any atom is -0.496 e. The number of nitrogens with zero attached hydrogens (tertiary/aromatic N) is 3. The standard InChI is InChI=1S/C25H27N3O2/c1-30-24-10-3-2-6-20(24)17-22-8-4-9-23(27-22)21-7-5-15-28(18-21)25(29)16-19-11-13-26-14-12-19/h2-4,6,8-14,21H,5,7,15-18H2,1H3/t21-/m1/s1. The Kier molecular flexibility index (Phi) is 6.38. The van der Waals surface area contributed by atoms with Crippen molar-refractivity contribution in [1.29, 1.82) is 0 Å². The molecule has 1 fully saturated rings. The van der Waals surface area contributed by atoms with Crippen LogP contribution in [0.5, 0.6) is 5.75 Å². The number of carbonyl (C=O) groups excluding carboxylic acids is 1. The first-order valence-corrected chi connectivity index (χ1v) is 10.5. The summed E-state index contributed by atoms with van der Waals surface area (Å²) in [4.78, 5) is 23.8. The Bertz CT molecular complexity index is 990. The van der Waals surface area contributed by atoms with Crippen molar-refractivity contribution < 1.29 is 9.53 Å². The number of benzene rings is 1. The van der Waals surface area contributed by atoms with Gasteiger partial charge in [-0.25, -0.2) is 0 Å². The maximum atomic E-state index is 12.8. The van der Waals surface area contributed by atoms with E-state index >= 15 is 0 Å². The molecule has 1 aromatic carbocycles. The van der Waals surface area contributed by atoms with Gasteiger partial charge in [-0.3, -0.25) is 14.8 Å². The van der Waals surface area contributed by atoms with Crippen LogP contribution < -0.4 is 4.74 Å². The molecule has 2 aromatic heterocycles. The van der Waals surface area contributed by atoms with E-state index in [-0.39, 0.29) is 11.8 Å². The van der Waals surface area contributed by atoms with E-state index in [1.54, 1.807) is 19.5 Å². The van der Waals surface area contributed by atoms with Crippen LogP contribution in [0.25, 0.3) is 0 Å². The molecule has 5 nitrogen and oxygen atoms in total. The molecule has 4 rings (SSSR count). The molecule has 1 amide bonds. The number of aromatic nitrogens is 2. The van der Waals surface area contributed by atoms with Gasteiger partial charge in [0.25, 0.3) is 0 Å². The molecule has 30 heavy (non-hydrogen) atoms. The topological polar surface area (TPSA) is 55.3 Å². The van der Waals surface area contributed by atoms with E-state index in [0.717, 1.165) is 60.6 Å². The first-order valence-electron chi connectivity index (χ1n) is 10.5. The van der Waals surface area contributed by atoms with E-state index in [1.165, 1.54) is 0 Å². The number of likely N-dealkylation sites (tertiary alicyclic amines) is 1. The fourth-order valence-electron chi connectivity index (χ4n) is 4.10. The Morgan fingerprint density at radius 1 is 1.10 bits per heavy atom. The Labute approximate surface area is 177 Å². The minimum atomic E-state index is 0.177. The normalized spacial score (nSPS) is 16.3. The summed E-state index contributed by atoms with van der Waals surface area (Å²) in [7, 11) is 1.70. The van der Waals surface area contributed by atoms with Crippen LogP contribution in [-0.2, 0) is 17.6 Å². The zero-order chi connectivity index (χ0) is 20.8. The average Bonchev–Trinajstić information content (AvgIpc) is 2.80. The predicted molar refractivity (Wildman–Crippen MR) is 117 cm³/mol. The second-order valence-corrected chi connectivity index (χ2v) is 7.75. The average molecular weight is 402 g/mol. The highest BCUT2D eigenvalue weighted by atomic mass is 16.5. The van der Waals surface area contributed by atoms with Gasteiger partial charge in [0.2, 0.25) is 5.91 Å². The first kappa shape index (κ1) is 20.1. The summed E-state index contributed by atoms with van der Waals surface area (Å²) < 4.78 is 5.48. The van der Waals surface area contributed by atoms with E-state index in [2.05, 4.69) is 29.2 Å². The van der Waals surface area contributed by atoms with Crippen molar-refractivity contribution in [3.05, 3.63) is 89.5 Å². The molecule has 0 spiro atoms. The smallest absolute Gasteiger partial charge is 0.227 e. The molecule has 0 unspecified atom stereocenters. The van der Waals surface area contributed by atoms with Gasteiger partial charge in [0.15, 0.2) is 0 Å². The quantitative estimate of drug-likeness (QED) is 0.626. The number of methoxy groups -OCH3 is 1. The molecule has 0 aliphatic carbocycles. The van der Waals surface area contributed by atoms with E-state index < -0.39 is 0 Å². The molecule has 0 radical (unpaired) electrons. The Morgan fingerprint density at radius 3 is 2.77 bits per heavy atom. The van der Waals surface area contributed by atoms with E-state index in [1.807, 2.05) is 35.2 Å². The van der Waals surface area contributed by atoms with Crippen molar-refractivity contribution in [2.45, 2.75) is 31.6 Å². The lowest BCUT2D eigenvalue weighted by Gasteiger charge is -2.32. The van der Waals surface area contributed by atoms with Gasteiger partial charge in [-0.2, -0.15) is 0 Å². The maximum Gasteiger partial charge on any atom is 0.227 e. The molecular formula is C25H27N3O2. The lowest BCUT2D eigenvalue weighted by molar-refractivity contribution is -0.131. The lowest BCUT2D eigenvalue weighted by Crippen LogP contribution is -2.40. The number of amides is 1. The van der Waals surface area contributed by atoms with Crippen LogP contribution in [-0.4, -0.2) is 41.0 Å². The zero-order valence-corrected chi connectivity index (χ0v) is 17.3. The van der Waals surface area contributed by atoms with Crippen molar-refractivity contribution in [3.8, 4) is 5.75 Å². The number of hydrogen-bond donors (Lipinski definition) is 0. The number of para-hydroxylation sites is 1. The summed E-state index contributed by atoms with van der Waals surface area (Å²) in [5.41, 5.74) is 4.23. The third-order valence-electron chi connectivity index (χ3n) is 5.69. The van der Waals surface area contributed by atoms with E-state index in [0.29, 0.717) is 6.42 Å². The number of piperidine rings is 1. The third-order valence-corrected chi connectivity index (χ3v) is 5.69. The van der Waals surface area contributed by atoms with Crippen LogP contribution in [0, 0.1) is 0 Å². The van der Waals surface area contributed by atoms with Crippen molar-refractivity contribution in [1.82, 2.24) is 14.9 Å². The zero-order valence-electron chi connectivity index (χ0n) is 17.3. The SMILES string of the molecule is COc1ccccc1Cc1cccc([C@@H]2CCCN(C(=O)Cc3ccncc3)C2)n1. The number of rotatable bonds is 6. The fraction of sp³-hybridized carbons (Fsp3) is 0.320. The molecule has 3 aromatic rings. The van der Waals surface area contributed by atoms with Gasteiger partial charge in [-0.15, -0.1) is 0 Å². The largest absolute Gasteiger partial charge is 0.496 e. The summed E-state index contributed by atoms with van der Waals surface area (Å²) in [5, 5.41) is 0. The Hall–Kier alpha value is -3.21. The monoisotopic (exact) mass is 401 g/mol. The van der Waals surface area contributed by atoms with Gasteiger partial charge in [0, 0.05) is 54.8 Å². The molecule has 5 heteroatoms. The van der Waals surface area contributed by atoms with E-state index in [9.17, 15) is 4.79 Å². The minimum absolute atomic E-state index is 0.177. The number of hydrogen-bond acceptors (Lipinski definition) is 4. The van der Waals surface area contributed by atoms with Crippen molar-refractivity contribution in [2.75, 3.05) is 20.2 Å². The Morgan fingerprint density at radius 2 is 1.93 bits per heavy atom. The summed E-state index contributed by atoms with van der Waals surface area (Å²) in [5.74, 6) is 1.34. The third kappa shape index (κ3) is 4.85. The first-order chi connectivity index (χ1) is 14.7. The van der Waals surface area contributed by atoms with Gasteiger partial charge in [-0.1, -0.05) is 24.3 Å². The van der Waals surface area contributed by atoms with Crippen LogP contribution in [0.2, 0.25) is 0 Å². The van der Waals surface area contributed by atoms with Crippen LogP contribution in [0.4, 0.5) is 0 Å². The second kappa shape index (κ2) is 9.53. The highest BCUT2D eigenvalue weighted by Gasteiger charge is 2.25. The summed E-state index contributed by atoms with van der Waals surface area (Å²) in [6.07, 6.45) is 6.69. The number of pyridine rings is 2. The summed E-state index contributed by atoms with van der Waals surface area (Å²) in [6.45, 7) is 1.55. The molecule has 1 aliphatic heterocycles. The number of ether oxygens (including phenoxy) is 1. The van der Waals surface area contributed by atoms with Crippen LogP contribution in [0.15, 0.2) is 67.0 Å². The van der Waals surface area contributed by atoms with Crippen molar-refractivity contribution in [2.24, 2.45) is 0 Å². The molecular weight excluding hydrogens is 374 g/mol. The molecule has 3 heterocycles. The number of carbonyl (C=O) groups is 1. The summed E-state index contributed by atoms with van der Waals surface area (Å²) in [6, 6.07) is 18.1. The fourth-order valence-corrected chi connectivity index (χ4v) is 4.10. The second-order valence-electron chi connectivity index (χ2n) is 7.75. The van der Waals surface area contributed by atoms with Gasteiger partial charge in [0.05, 0.1) is 13.5 Å². The molecule has 1 saturated heterocycles. The highest BCUT2D eigenvalue weighted by molar-refractivity contribution is 5.78. The van der Waals surface area contributed by atoms with Gasteiger partial charge in [0.1, 0.15) is 5.75 Å². The van der Waals surface area contributed by atoms with E-state index in [4.69, 9.17) is 9.72 Å². The van der Waals surface area contributed by atoms with Crippen LogP contribution in [0.3, 0.4) is 0 Å². The van der Waals surface area contributed by atoms with Gasteiger partial charge < -0.3 is 9.64 Å². The van der Waals surface area contributed by atoms with Gasteiger partial charge in [-0.05, 0) is 48.7 Å². The molecule has 0 bridgehead atoms. The molecule has 154 valence electrons. The summed E-state index contributed by atoms with van der Waals surface area (Å²) >= 11 is 0. The molecule has 1 aliphatic rings. The predicted octanol–water partition coefficient (Wildman–Crippen LogP) is 4.02. The Balaban J connectivity index is 1.44.